The van der Waals surface area contributed by atoms with E-state index in [-0.39, 0.29) is 12.4 Å². The molecule has 1 fully saturated rings. The Balaban J connectivity index is 1.55. The van der Waals surface area contributed by atoms with Crippen molar-refractivity contribution in [1.29, 1.82) is 0 Å². The molecule has 0 saturated carbocycles. The second-order valence-electron chi connectivity index (χ2n) is 7.62. The number of benzene rings is 2. The smallest absolute Gasteiger partial charge is 0.321 e. The van der Waals surface area contributed by atoms with E-state index in [2.05, 4.69) is 15.2 Å². The van der Waals surface area contributed by atoms with E-state index in [4.69, 9.17) is 4.74 Å². The summed E-state index contributed by atoms with van der Waals surface area (Å²) in [6, 6.07) is 11.1. The number of halogens is 2. The SMILES string of the molecule is CCOC(=O)C1C(=O)NC(N2CCN(c3ccc(F)cc3)CC2)=NC1c1ccc(F)cc1. The van der Waals surface area contributed by atoms with Crippen LogP contribution in [-0.4, -0.2) is 55.5 Å². The Kier molecular flexibility index (Phi) is 6.34. The highest BCUT2D eigenvalue weighted by Gasteiger charge is 2.42. The van der Waals surface area contributed by atoms with Gasteiger partial charge in [0.15, 0.2) is 5.92 Å². The van der Waals surface area contributed by atoms with Gasteiger partial charge in [-0.3, -0.25) is 14.9 Å². The molecule has 1 saturated heterocycles. The zero-order chi connectivity index (χ0) is 22.7. The molecule has 2 unspecified atom stereocenters. The van der Waals surface area contributed by atoms with Gasteiger partial charge in [0.25, 0.3) is 0 Å². The van der Waals surface area contributed by atoms with Crippen LogP contribution in [0.25, 0.3) is 0 Å². The molecule has 1 amide bonds. The Morgan fingerprint density at radius 1 is 1.00 bits per heavy atom. The summed E-state index contributed by atoms with van der Waals surface area (Å²) < 4.78 is 31.7. The van der Waals surface area contributed by atoms with Crippen molar-refractivity contribution in [3.05, 3.63) is 65.7 Å². The summed E-state index contributed by atoms with van der Waals surface area (Å²) in [6.07, 6.45) is 0. The fourth-order valence-corrected chi connectivity index (χ4v) is 3.95. The van der Waals surface area contributed by atoms with Crippen LogP contribution in [0.4, 0.5) is 14.5 Å². The van der Waals surface area contributed by atoms with Crippen LogP contribution in [0.2, 0.25) is 0 Å². The Labute approximate surface area is 184 Å². The van der Waals surface area contributed by atoms with Gasteiger partial charge in [0.1, 0.15) is 17.7 Å². The van der Waals surface area contributed by atoms with Gasteiger partial charge in [0.2, 0.25) is 11.9 Å². The summed E-state index contributed by atoms with van der Waals surface area (Å²) in [5.74, 6) is -2.63. The Morgan fingerprint density at radius 2 is 1.56 bits per heavy atom. The Morgan fingerprint density at radius 3 is 2.16 bits per heavy atom. The van der Waals surface area contributed by atoms with Crippen LogP contribution in [-0.2, 0) is 14.3 Å². The zero-order valence-corrected chi connectivity index (χ0v) is 17.6. The van der Waals surface area contributed by atoms with Crippen molar-refractivity contribution >= 4 is 23.5 Å². The van der Waals surface area contributed by atoms with Gasteiger partial charge in [-0.15, -0.1) is 0 Å². The van der Waals surface area contributed by atoms with Crippen molar-refractivity contribution in [3.63, 3.8) is 0 Å². The van der Waals surface area contributed by atoms with Crippen LogP contribution in [0.15, 0.2) is 53.5 Å². The third-order valence-electron chi connectivity index (χ3n) is 5.62. The summed E-state index contributed by atoms with van der Waals surface area (Å²) in [5, 5.41) is 2.74. The van der Waals surface area contributed by atoms with Crippen molar-refractivity contribution in [2.45, 2.75) is 13.0 Å². The molecule has 2 aliphatic heterocycles. The number of aliphatic imine (C=N–C) groups is 1. The van der Waals surface area contributed by atoms with E-state index in [0.717, 1.165) is 5.69 Å². The summed E-state index contributed by atoms with van der Waals surface area (Å²) in [7, 11) is 0. The quantitative estimate of drug-likeness (QED) is 0.582. The predicted molar refractivity (Wildman–Crippen MR) is 115 cm³/mol. The van der Waals surface area contributed by atoms with E-state index < -0.39 is 29.7 Å². The first-order valence-electron chi connectivity index (χ1n) is 10.5. The van der Waals surface area contributed by atoms with Gasteiger partial charge in [0.05, 0.1) is 6.61 Å². The third kappa shape index (κ3) is 4.56. The number of rotatable bonds is 4. The van der Waals surface area contributed by atoms with Crippen LogP contribution >= 0.6 is 0 Å². The molecule has 7 nitrogen and oxygen atoms in total. The standard InChI is InChI=1S/C23H24F2N4O3/c1-2-32-22(31)19-20(15-3-5-16(24)6-4-15)26-23(27-21(19)30)29-13-11-28(12-14-29)18-9-7-17(25)8-10-18/h3-10,19-20H,2,11-14H2,1H3,(H,26,27,30). The molecular weight excluding hydrogens is 418 g/mol. The van der Waals surface area contributed by atoms with Gasteiger partial charge in [-0.05, 0) is 48.9 Å². The Bertz CT molecular complexity index is 1000. The lowest BCUT2D eigenvalue weighted by Crippen LogP contribution is -2.57. The first kappa shape index (κ1) is 21.7. The maximum absolute atomic E-state index is 13.4. The van der Waals surface area contributed by atoms with E-state index in [0.29, 0.717) is 37.7 Å². The monoisotopic (exact) mass is 442 g/mol. The normalized spacial score (nSPS) is 21.1. The third-order valence-corrected chi connectivity index (χ3v) is 5.62. The molecule has 0 radical (unpaired) electrons. The first-order chi connectivity index (χ1) is 15.5. The molecule has 0 aromatic heterocycles. The van der Waals surface area contributed by atoms with Gasteiger partial charge >= 0.3 is 5.97 Å². The number of nitrogens with zero attached hydrogens (tertiary/aromatic N) is 3. The summed E-state index contributed by atoms with van der Waals surface area (Å²) >= 11 is 0. The van der Waals surface area contributed by atoms with Crippen molar-refractivity contribution in [2.75, 3.05) is 37.7 Å². The van der Waals surface area contributed by atoms with Gasteiger partial charge in [-0.25, -0.2) is 13.8 Å². The number of hydrogen-bond donors (Lipinski definition) is 1. The minimum Gasteiger partial charge on any atom is -0.465 e. The van der Waals surface area contributed by atoms with Crippen LogP contribution in [0.3, 0.4) is 0 Å². The molecule has 1 N–H and O–H groups in total. The highest BCUT2D eigenvalue weighted by molar-refractivity contribution is 6.08. The number of piperazine rings is 1. The van der Waals surface area contributed by atoms with E-state index in [1.165, 1.54) is 36.4 Å². The van der Waals surface area contributed by atoms with Gasteiger partial charge in [-0.2, -0.15) is 0 Å². The lowest BCUT2D eigenvalue weighted by Gasteiger charge is -2.39. The number of ether oxygens (including phenoxy) is 1. The molecule has 168 valence electrons. The van der Waals surface area contributed by atoms with Gasteiger partial charge in [0, 0.05) is 31.9 Å². The molecule has 9 heteroatoms. The molecule has 32 heavy (non-hydrogen) atoms. The fraction of sp³-hybridized carbons (Fsp3) is 0.348. The molecule has 2 aromatic carbocycles. The number of anilines is 1. The first-order valence-corrected chi connectivity index (χ1v) is 10.5. The molecule has 4 rings (SSSR count). The topological polar surface area (TPSA) is 74.2 Å². The maximum atomic E-state index is 13.4. The van der Waals surface area contributed by atoms with Crippen LogP contribution in [0.5, 0.6) is 0 Å². The van der Waals surface area contributed by atoms with Crippen molar-refractivity contribution in [2.24, 2.45) is 10.9 Å². The molecule has 2 atom stereocenters. The minimum absolute atomic E-state index is 0.140. The zero-order valence-electron chi connectivity index (χ0n) is 17.6. The molecule has 2 heterocycles. The number of carbonyl (C=O) groups excluding carboxylic acids is 2. The Hall–Kier alpha value is -3.49. The van der Waals surface area contributed by atoms with Crippen LogP contribution in [0, 0.1) is 17.6 Å². The van der Waals surface area contributed by atoms with Crippen molar-refractivity contribution in [3.8, 4) is 0 Å². The average Bonchev–Trinajstić information content (AvgIpc) is 2.80. The molecule has 0 bridgehead atoms. The summed E-state index contributed by atoms with van der Waals surface area (Å²) in [4.78, 5) is 34.1. The fourth-order valence-electron chi connectivity index (χ4n) is 3.95. The van der Waals surface area contributed by atoms with Gasteiger partial charge in [-0.1, -0.05) is 12.1 Å². The van der Waals surface area contributed by atoms with E-state index in [9.17, 15) is 18.4 Å². The lowest BCUT2D eigenvalue weighted by molar-refractivity contribution is -0.153. The number of carbonyl (C=O) groups is 2. The predicted octanol–water partition coefficient (Wildman–Crippen LogP) is 2.49. The van der Waals surface area contributed by atoms with Crippen LogP contribution < -0.4 is 10.2 Å². The average molecular weight is 442 g/mol. The van der Waals surface area contributed by atoms with E-state index in [1.54, 1.807) is 19.1 Å². The largest absolute Gasteiger partial charge is 0.465 e. The lowest BCUT2D eigenvalue weighted by atomic mass is 9.91. The highest BCUT2D eigenvalue weighted by atomic mass is 19.1. The number of nitrogens with one attached hydrogen (secondary N) is 1. The minimum atomic E-state index is -1.15. The molecule has 2 aliphatic rings. The van der Waals surface area contributed by atoms with Gasteiger partial charge < -0.3 is 14.5 Å². The van der Waals surface area contributed by atoms with E-state index >= 15 is 0 Å². The number of esters is 1. The molecule has 0 spiro atoms. The summed E-state index contributed by atoms with van der Waals surface area (Å²) in [5.41, 5.74) is 1.48. The maximum Gasteiger partial charge on any atom is 0.321 e. The molecular formula is C23H24F2N4O3. The second kappa shape index (κ2) is 9.33. The number of guanidine groups is 1. The number of hydrogen-bond acceptors (Lipinski definition) is 6. The highest BCUT2D eigenvalue weighted by Crippen LogP contribution is 2.31. The van der Waals surface area contributed by atoms with Crippen molar-refractivity contribution < 1.29 is 23.1 Å². The number of amides is 1. The summed E-state index contributed by atoms with van der Waals surface area (Å²) in [6.45, 7) is 4.28. The van der Waals surface area contributed by atoms with Crippen molar-refractivity contribution in [1.82, 2.24) is 10.2 Å². The molecule has 0 aliphatic carbocycles. The van der Waals surface area contributed by atoms with E-state index in [1.807, 2.05) is 4.90 Å². The second-order valence-corrected chi connectivity index (χ2v) is 7.62. The molecule has 2 aromatic rings. The van der Waals surface area contributed by atoms with Crippen LogP contribution in [0.1, 0.15) is 18.5 Å².